The van der Waals surface area contributed by atoms with Gasteiger partial charge in [-0.05, 0) is 35.4 Å². The number of rotatable bonds is 3. The number of halogens is 2. The molecule has 2 aromatic rings. The highest BCUT2D eigenvalue weighted by molar-refractivity contribution is 5.36. The number of hydrogen-bond acceptors (Lipinski definition) is 2. The summed E-state index contributed by atoms with van der Waals surface area (Å²) < 4.78 is 31.3. The van der Waals surface area contributed by atoms with E-state index in [4.69, 9.17) is 10.5 Å². The number of benzene rings is 2. The zero-order valence-electron chi connectivity index (χ0n) is 9.86. The summed E-state index contributed by atoms with van der Waals surface area (Å²) in [6, 6.07) is 9.78. The van der Waals surface area contributed by atoms with Gasteiger partial charge in [0, 0.05) is 6.07 Å². The fourth-order valence-electron chi connectivity index (χ4n) is 1.78. The van der Waals surface area contributed by atoms with E-state index in [9.17, 15) is 8.78 Å². The molecule has 94 valence electrons. The average molecular weight is 249 g/mol. The second-order valence-corrected chi connectivity index (χ2v) is 3.96. The molecule has 2 rings (SSSR count). The molecule has 0 amide bonds. The smallest absolute Gasteiger partial charge is 0.126 e. The van der Waals surface area contributed by atoms with E-state index in [1.54, 1.807) is 31.4 Å². The molecule has 1 unspecified atom stereocenters. The number of methoxy groups -OCH3 is 1. The third-order valence-electron chi connectivity index (χ3n) is 2.70. The Morgan fingerprint density at radius 2 is 1.67 bits per heavy atom. The SMILES string of the molecule is COc1cccc(C(N)c2cc(F)cc(F)c2)c1. The van der Waals surface area contributed by atoms with Crippen LogP contribution >= 0.6 is 0 Å². The molecule has 1 atom stereocenters. The van der Waals surface area contributed by atoms with E-state index in [1.165, 1.54) is 12.1 Å². The van der Waals surface area contributed by atoms with Crippen molar-refractivity contribution >= 4 is 0 Å². The van der Waals surface area contributed by atoms with Crippen LogP contribution < -0.4 is 10.5 Å². The van der Waals surface area contributed by atoms with Crippen molar-refractivity contribution in [1.29, 1.82) is 0 Å². The standard InChI is InChI=1S/C14H13F2NO/c1-18-13-4-2-3-9(7-13)14(17)10-5-11(15)8-12(16)6-10/h2-8,14H,17H2,1H3. The molecule has 18 heavy (non-hydrogen) atoms. The summed E-state index contributed by atoms with van der Waals surface area (Å²) in [7, 11) is 1.55. The van der Waals surface area contributed by atoms with E-state index in [0.29, 0.717) is 11.3 Å². The molecule has 0 spiro atoms. The summed E-state index contributed by atoms with van der Waals surface area (Å²) in [5.74, 6) is -0.619. The average Bonchev–Trinajstić information content (AvgIpc) is 2.37. The molecule has 0 aliphatic carbocycles. The van der Waals surface area contributed by atoms with Crippen LogP contribution in [-0.4, -0.2) is 7.11 Å². The van der Waals surface area contributed by atoms with E-state index in [2.05, 4.69) is 0 Å². The lowest BCUT2D eigenvalue weighted by Gasteiger charge is -2.13. The summed E-state index contributed by atoms with van der Waals surface area (Å²) in [6.07, 6.45) is 0. The van der Waals surface area contributed by atoms with Crippen LogP contribution in [0.25, 0.3) is 0 Å². The van der Waals surface area contributed by atoms with Gasteiger partial charge in [0.05, 0.1) is 13.2 Å². The van der Waals surface area contributed by atoms with Crippen LogP contribution in [-0.2, 0) is 0 Å². The van der Waals surface area contributed by atoms with Gasteiger partial charge in [-0.25, -0.2) is 8.78 Å². The van der Waals surface area contributed by atoms with Crippen LogP contribution in [0, 0.1) is 11.6 Å². The monoisotopic (exact) mass is 249 g/mol. The van der Waals surface area contributed by atoms with Crippen molar-refractivity contribution < 1.29 is 13.5 Å². The summed E-state index contributed by atoms with van der Waals surface area (Å²) in [4.78, 5) is 0. The summed E-state index contributed by atoms with van der Waals surface area (Å²) in [5, 5.41) is 0. The Kier molecular flexibility index (Phi) is 3.58. The van der Waals surface area contributed by atoms with Gasteiger partial charge >= 0.3 is 0 Å². The first-order valence-corrected chi connectivity index (χ1v) is 5.45. The second-order valence-electron chi connectivity index (χ2n) is 3.96. The first-order chi connectivity index (χ1) is 8.60. The Balaban J connectivity index is 2.37. The van der Waals surface area contributed by atoms with Crippen molar-refractivity contribution in [2.24, 2.45) is 5.73 Å². The highest BCUT2D eigenvalue weighted by atomic mass is 19.1. The Morgan fingerprint density at radius 1 is 1.00 bits per heavy atom. The van der Waals surface area contributed by atoms with Gasteiger partial charge in [-0.2, -0.15) is 0 Å². The predicted molar refractivity (Wildman–Crippen MR) is 65.4 cm³/mol. The van der Waals surface area contributed by atoms with Crippen molar-refractivity contribution in [3.05, 3.63) is 65.2 Å². The molecule has 0 bridgehead atoms. The minimum absolute atomic E-state index is 0.390. The van der Waals surface area contributed by atoms with Crippen molar-refractivity contribution in [3.8, 4) is 5.75 Å². The molecule has 2 aromatic carbocycles. The first kappa shape index (κ1) is 12.5. The quantitative estimate of drug-likeness (QED) is 0.907. The lowest BCUT2D eigenvalue weighted by atomic mass is 9.99. The van der Waals surface area contributed by atoms with Crippen molar-refractivity contribution in [1.82, 2.24) is 0 Å². The summed E-state index contributed by atoms with van der Waals surface area (Å²) >= 11 is 0. The molecule has 0 aliphatic heterocycles. The van der Waals surface area contributed by atoms with Crippen molar-refractivity contribution in [2.45, 2.75) is 6.04 Å². The zero-order chi connectivity index (χ0) is 13.1. The highest BCUT2D eigenvalue weighted by Gasteiger charge is 2.12. The number of nitrogens with two attached hydrogens (primary N) is 1. The van der Waals surface area contributed by atoms with Crippen LogP contribution in [0.2, 0.25) is 0 Å². The molecule has 0 radical (unpaired) electrons. The molecule has 0 aromatic heterocycles. The topological polar surface area (TPSA) is 35.2 Å². The maximum atomic E-state index is 13.1. The molecule has 0 saturated carbocycles. The van der Waals surface area contributed by atoms with Crippen LogP contribution in [0.3, 0.4) is 0 Å². The highest BCUT2D eigenvalue weighted by Crippen LogP contribution is 2.24. The van der Waals surface area contributed by atoms with Gasteiger partial charge < -0.3 is 10.5 Å². The minimum atomic E-state index is -0.636. The van der Waals surface area contributed by atoms with Crippen LogP contribution in [0.4, 0.5) is 8.78 Å². The van der Waals surface area contributed by atoms with Gasteiger partial charge in [-0.3, -0.25) is 0 Å². The predicted octanol–water partition coefficient (Wildman–Crippen LogP) is 3.02. The van der Waals surface area contributed by atoms with E-state index in [0.717, 1.165) is 11.6 Å². The number of ether oxygens (including phenoxy) is 1. The third kappa shape index (κ3) is 2.65. The normalized spacial score (nSPS) is 12.2. The van der Waals surface area contributed by atoms with Crippen LogP contribution in [0.5, 0.6) is 5.75 Å². The summed E-state index contributed by atoms with van der Waals surface area (Å²) in [6.45, 7) is 0. The Bertz CT molecular complexity index is 537. The van der Waals surface area contributed by atoms with E-state index < -0.39 is 17.7 Å². The second kappa shape index (κ2) is 5.14. The van der Waals surface area contributed by atoms with E-state index in [-0.39, 0.29) is 0 Å². The molecule has 0 fully saturated rings. The fourth-order valence-corrected chi connectivity index (χ4v) is 1.78. The molecule has 0 heterocycles. The van der Waals surface area contributed by atoms with Gasteiger partial charge in [0.2, 0.25) is 0 Å². The molecular formula is C14H13F2NO. The van der Waals surface area contributed by atoms with Crippen LogP contribution in [0.1, 0.15) is 17.2 Å². The fraction of sp³-hybridized carbons (Fsp3) is 0.143. The van der Waals surface area contributed by atoms with E-state index >= 15 is 0 Å². The van der Waals surface area contributed by atoms with Crippen molar-refractivity contribution in [2.75, 3.05) is 7.11 Å². The summed E-state index contributed by atoms with van der Waals surface area (Å²) in [5.41, 5.74) is 7.11. The van der Waals surface area contributed by atoms with Gasteiger partial charge in [0.25, 0.3) is 0 Å². The largest absolute Gasteiger partial charge is 0.497 e. The van der Waals surface area contributed by atoms with Gasteiger partial charge in [-0.1, -0.05) is 12.1 Å². The maximum Gasteiger partial charge on any atom is 0.126 e. The van der Waals surface area contributed by atoms with Crippen molar-refractivity contribution in [3.63, 3.8) is 0 Å². The molecule has 2 nitrogen and oxygen atoms in total. The molecule has 2 N–H and O–H groups in total. The number of hydrogen-bond donors (Lipinski definition) is 1. The first-order valence-electron chi connectivity index (χ1n) is 5.45. The van der Waals surface area contributed by atoms with Gasteiger partial charge in [0.1, 0.15) is 17.4 Å². The molecule has 0 aliphatic rings. The Hall–Kier alpha value is -1.94. The van der Waals surface area contributed by atoms with E-state index in [1.807, 2.05) is 0 Å². The van der Waals surface area contributed by atoms with Gasteiger partial charge in [0.15, 0.2) is 0 Å². The molecular weight excluding hydrogens is 236 g/mol. The Morgan fingerprint density at radius 3 is 2.28 bits per heavy atom. The third-order valence-corrected chi connectivity index (χ3v) is 2.70. The maximum absolute atomic E-state index is 13.1. The van der Waals surface area contributed by atoms with Crippen LogP contribution in [0.15, 0.2) is 42.5 Å². The minimum Gasteiger partial charge on any atom is -0.497 e. The molecule has 4 heteroatoms. The Labute approximate surface area is 104 Å². The van der Waals surface area contributed by atoms with Gasteiger partial charge in [-0.15, -0.1) is 0 Å². The zero-order valence-corrected chi connectivity index (χ0v) is 9.86. The lowest BCUT2D eigenvalue weighted by Crippen LogP contribution is -2.12. The molecule has 0 saturated heterocycles. The lowest BCUT2D eigenvalue weighted by molar-refractivity contribution is 0.414.